The Bertz CT molecular complexity index is 1680. The lowest BCUT2D eigenvalue weighted by molar-refractivity contribution is -0.137. The summed E-state index contributed by atoms with van der Waals surface area (Å²) in [5.74, 6) is -14.7. The van der Waals surface area contributed by atoms with Crippen LogP contribution in [0.5, 0.6) is 11.5 Å². The van der Waals surface area contributed by atoms with E-state index in [0.29, 0.717) is 11.3 Å². The molecule has 1 N–H and O–H groups in total. The highest BCUT2D eigenvalue weighted by Crippen LogP contribution is 2.44. The summed E-state index contributed by atoms with van der Waals surface area (Å²) < 4.78 is 85.6. The van der Waals surface area contributed by atoms with E-state index in [9.17, 15) is 31.5 Å². The molecule has 234 valence electrons. The van der Waals surface area contributed by atoms with Crippen molar-refractivity contribution in [3.8, 4) is 22.6 Å². The summed E-state index contributed by atoms with van der Waals surface area (Å²) in [4.78, 5) is 26.1. The number of carbonyl (C=O) groups is 2. The molecular formula is C34H28F5NO5. The molecule has 0 spiro atoms. The maximum Gasteiger partial charge on any atom is 0.407 e. The van der Waals surface area contributed by atoms with Gasteiger partial charge in [0, 0.05) is 12.3 Å². The molecule has 4 aromatic rings. The number of nitrogens with one attached hydrogen (secondary N) is 1. The van der Waals surface area contributed by atoms with Gasteiger partial charge in [0.05, 0.1) is 0 Å². The summed E-state index contributed by atoms with van der Waals surface area (Å²) in [6.07, 6.45) is -1.35. The number of hydrogen-bond acceptors (Lipinski definition) is 5. The maximum atomic E-state index is 14.3. The Hall–Kier alpha value is -4.93. The SMILES string of the molecule is CC(C)(C)Oc1ccc(CC(NC(=O)OCC2c3ccccc3-c3ccccc32)C(=O)Oc2c(F)c(F)c(F)c(F)c2F)cc1. The van der Waals surface area contributed by atoms with Crippen LogP contribution in [0.2, 0.25) is 0 Å². The molecule has 0 saturated carbocycles. The van der Waals surface area contributed by atoms with E-state index in [-0.39, 0.29) is 18.9 Å². The van der Waals surface area contributed by atoms with Crippen molar-refractivity contribution in [1.82, 2.24) is 5.32 Å². The van der Waals surface area contributed by atoms with Crippen LogP contribution >= 0.6 is 0 Å². The second-order valence-corrected chi connectivity index (χ2v) is 11.4. The predicted molar refractivity (Wildman–Crippen MR) is 154 cm³/mol. The highest BCUT2D eigenvalue weighted by molar-refractivity contribution is 5.84. The van der Waals surface area contributed by atoms with Gasteiger partial charge in [0.1, 0.15) is 24.0 Å². The van der Waals surface area contributed by atoms with E-state index in [1.165, 1.54) is 0 Å². The molecule has 0 bridgehead atoms. The lowest BCUT2D eigenvalue weighted by Crippen LogP contribution is -2.45. The van der Waals surface area contributed by atoms with Crippen molar-refractivity contribution in [2.24, 2.45) is 0 Å². The van der Waals surface area contributed by atoms with Crippen LogP contribution in [0.3, 0.4) is 0 Å². The standard InChI is InChI=1S/C34H28F5NO5/c1-34(2,3)45-19-14-12-18(13-15-19)16-25(32(41)44-31-29(38)27(36)26(35)28(37)30(31)39)40-33(42)43-17-24-22-10-6-4-8-20(22)21-9-5-7-11-23(21)24/h4-15,24-25H,16-17H2,1-3H3,(H,40,42). The Kier molecular flexibility index (Phi) is 8.81. The summed E-state index contributed by atoms with van der Waals surface area (Å²) in [6.45, 7) is 5.44. The molecule has 5 rings (SSSR count). The van der Waals surface area contributed by atoms with Crippen LogP contribution in [-0.4, -0.2) is 30.3 Å². The third-order valence-electron chi connectivity index (χ3n) is 7.08. The van der Waals surface area contributed by atoms with Gasteiger partial charge >= 0.3 is 12.1 Å². The number of carbonyl (C=O) groups excluding carboxylic acids is 2. The number of fused-ring (bicyclic) bond motifs is 3. The van der Waals surface area contributed by atoms with Crippen LogP contribution < -0.4 is 14.8 Å². The normalized spacial score (nSPS) is 13.1. The number of hydrogen-bond donors (Lipinski definition) is 1. The highest BCUT2D eigenvalue weighted by Gasteiger charge is 2.33. The Morgan fingerprint density at radius 1 is 0.756 bits per heavy atom. The fraction of sp³-hybridized carbons (Fsp3) is 0.235. The van der Waals surface area contributed by atoms with E-state index >= 15 is 0 Å². The summed E-state index contributed by atoms with van der Waals surface area (Å²) in [5.41, 5.74) is 3.82. The van der Waals surface area contributed by atoms with Crippen LogP contribution in [0, 0.1) is 29.1 Å². The lowest BCUT2D eigenvalue weighted by atomic mass is 9.98. The molecule has 0 aliphatic heterocycles. The van der Waals surface area contributed by atoms with Gasteiger partial charge in [-0.25, -0.2) is 22.8 Å². The van der Waals surface area contributed by atoms with Crippen molar-refractivity contribution < 1.29 is 45.8 Å². The fourth-order valence-electron chi connectivity index (χ4n) is 5.10. The maximum absolute atomic E-state index is 14.3. The Balaban J connectivity index is 1.36. The van der Waals surface area contributed by atoms with E-state index in [1.807, 2.05) is 69.3 Å². The van der Waals surface area contributed by atoms with Crippen LogP contribution in [0.15, 0.2) is 72.8 Å². The number of benzene rings is 4. The van der Waals surface area contributed by atoms with Crippen LogP contribution in [-0.2, 0) is 16.0 Å². The number of ether oxygens (including phenoxy) is 3. The lowest BCUT2D eigenvalue weighted by Gasteiger charge is -2.22. The minimum absolute atomic E-state index is 0.113. The minimum Gasteiger partial charge on any atom is -0.488 e. The molecule has 11 heteroatoms. The zero-order valence-electron chi connectivity index (χ0n) is 24.4. The minimum atomic E-state index is -2.41. The van der Waals surface area contributed by atoms with E-state index in [1.54, 1.807) is 24.3 Å². The summed E-state index contributed by atoms with van der Waals surface area (Å²) in [7, 11) is 0. The van der Waals surface area contributed by atoms with Crippen molar-refractivity contribution in [1.29, 1.82) is 0 Å². The molecule has 0 fully saturated rings. The average molecular weight is 626 g/mol. The van der Waals surface area contributed by atoms with E-state index in [2.05, 4.69) is 10.1 Å². The van der Waals surface area contributed by atoms with Crippen molar-refractivity contribution in [2.75, 3.05) is 6.61 Å². The molecule has 6 nitrogen and oxygen atoms in total. The smallest absolute Gasteiger partial charge is 0.407 e. The summed E-state index contributed by atoms with van der Waals surface area (Å²) >= 11 is 0. The van der Waals surface area contributed by atoms with E-state index in [0.717, 1.165) is 22.3 Å². The first kappa shape index (κ1) is 31.5. The molecule has 0 heterocycles. The number of alkyl carbamates (subject to hydrolysis) is 1. The fourth-order valence-corrected chi connectivity index (χ4v) is 5.10. The average Bonchev–Trinajstić information content (AvgIpc) is 3.33. The van der Waals surface area contributed by atoms with Crippen molar-refractivity contribution in [3.63, 3.8) is 0 Å². The molecular weight excluding hydrogens is 597 g/mol. The third kappa shape index (κ3) is 6.77. The first-order valence-electron chi connectivity index (χ1n) is 14.0. The molecule has 1 unspecified atom stereocenters. The summed E-state index contributed by atoms with van der Waals surface area (Å²) in [6, 6.07) is 20.0. The summed E-state index contributed by atoms with van der Waals surface area (Å²) in [5, 5.41) is 2.32. The van der Waals surface area contributed by atoms with Gasteiger partial charge in [-0.2, -0.15) is 8.78 Å². The molecule has 1 aliphatic rings. The number of rotatable bonds is 8. The largest absolute Gasteiger partial charge is 0.488 e. The first-order chi connectivity index (χ1) is 21.3. The van der Waals surface area contributed by atoms with Gasteiger partial charge < -0.3 is 19.5 Å². The van der Waals surface area contributed by atoms with Gasteiger partial charge in [-0.1, -0.05) is 60.7 Å². The number of halogens is 5. The zero-order valence-corrected chi connectivity index (χ0v) is 24.4. The second kappa shape index (κ2) is 12.6. The molecule has 0 radical (unpaired) electrons. The number of esters is 1. The van der Waals surface area contributed by atoms with Gasteiger partial charge in [-0.15, -0.1) is 0 Å². The predicted octanol–water partition coefficient (Wildman–Crippen LogP) is 7.61. The monoisotopic (exact) mass is 625 g/mol. The Labute approximate surface area is 255 Å². The molecule has 1 atom stereocenters. The van der Waals surface area contributed by atoms with Crippen molar-refractivity contribution >= 4 is 12.1 Å². The molecule has 45 heavy (non-hydrogen) atoms. The van der Waals surface area contributed by atoms with Crippen molar-refractivity contribution in [3.05, 3.63) is 119 Å². The second-order valence-electron chi connectivity index (χ2n) is 11.4. The zero-order chi connectivity index (χ0) is 32.5. The third-order valence-corrected chi connectivity index (χ3v) is 7.08. The van der Waals surface area contributed by atoms with Crippen LogP contribution in [0.1, 0.15) is 43.4 Å². The molecule has 4 aromatic carbocycles. The number of amides is 1. The Morgan fingerprint density at radius 2 is 1.27 bits per heavy atom. The van der Waals surface area contributed by atoms with Crippen molar-refractivity contribution in [2.45, 2.75) is 44.8 Å². The molecule has 0 saturated heterocycles. The molecule has 1 aliphatic carbocycles. The van der Waals surface area contributed by atoms with Gasteiger partial charge in [0.25, 0.3) is 0 Å². The highest BCUT2D eigenvalue weighted by atomic mass is 19.2. The quantitative estimate of drug-likeness (QED) is 0.0718. The first-order valence-corrected chi connectivity index (χ1v) is 14.0. The molecule has 1 amide bonds. The van der Waals surface area contributed by atoms with E-state index < -0.39 is 58.5 Å². The molecule has 0 aromatic heterocycles. The van der Waals surface area contributed by atoms with Gasteiger partial charge in [0.2, 0.25) is 34.8 Å². The van der Waals surface area contributed by atoms with Gasteiger partial charge in [0.15, 0.2) is 0 Å². The Morgan fingerprint density at radius 3 is 1.80 bits per heavy atom. The van der Waals surface area contributed by atoms with Crippen LogP contribution in [0.4, 0.5) is 26.7 Å². The topological polar surface area (TPSA) is 73.9 Å². The van der Waals surface area contributed by atoms with Gasteiger partial charge in [-0.05, 0) is 60.7 Å². The van der Waals surface area contributed by atoms with Gasteiger partial charge in [-0.3, -0.25) is 0 Å². The van der Waals surface area contributed by atoms with E-state index in [4.69, 9.17) is 9.47 Å². The van der Waals surface area contributed by atoms with Crippen LogP contribution in [0.25, 0.3) is 11.1 Å².